The van der Waals surface area contributed by atoms with Gasteiger partial charge in [-0.3, -0.25) is 4.79 Å². The van der Waals surface area contributed by atoms with Crippen LogP contribution in [0.3, 0.4) is 0 Å². The van der Waals surface area contributed by atoms with Gasteiger partial charge >= 0.3 is 0 Å². The van der Waals surface area contributed by atoms with E-state index >= 15 is 0 Å². The van der Waals surface area contributed by atoms with Gasteiger partial charge in [0.05, 0.1) is 17.9 Å². The minimum Gasteiger partial charge on any atom is -0.494 e. The molecule has 27 heavy (non-hydrogen) atoms. The van der Waals surface area contributed by atoms with Crippen molar-refractivity contribution in [2.45, 2.75) is 13.8 Å². The molecule has 0 saturated heterocycles. The maximum Gasteiger partial charge on any atom is 0.257 e. The quantitative estimate of drug-likeness (QED) is 0.626. The van der Waals surface area contributed by atoms with E-state index < -0.39 is 5.95 Å². The van der Waals surface area contributed by atoms with E-state index in [4.69, 9.17) is 9.47 Å². The second-order valence-electron chi connectivity index (χ2n) is 5.75. The van der Waals surface area contributed by atoms with Gasteiger partial charge in [0.2, 0.25) is 5.95 Å². The first-order chi connectivity index (χ1) is 13.0. The molecule has 0 fully saturated rings. The fourth-order valence-electron chi connectivity index (χ4n) is 2.48. The second-order valence-corrected chi connectivity index (χ2v) is 5.75. The molecular formula is C21H19FN2O3. The van der Waals surface area contributed by atoms with Gasteiger partial charge in [-0.25, -0.2) is 4.98 Å². The molecule has 0 spiro atoms. The van der Waals surface area contributed by atoms with E-state index in [9.17, 15) is 9.18 Å². The van der Waals surface area contributed by atoms with Crippen LogP contribution < -0.4 is 14.8 Å². The SMILES string of the molecule is CCOc1ccc(Oc2ccc(NC(=O)c3ccc(F)nc3C)cc2)cc1. The number of aryl methyl sites for hydroxylation is 1. The third-order valence-corrected chi connectivity index (χ3v) is 3.78. The van der Waals surface area contributed by atoms with Crippen LogP contribution >= 0.6 is 0 Å². The molecule has 1 heterocycles. The molecule has 1 aromatic heterocycles. The Hall–Kier alpha value is -3.41. The molecular weight excluding hydrogens is 347 g/mol. The summed E-state index contributed by atoms with van der Waals surface area (Å²) in [7, 11) is 0. The smallest absolute Gasteiger partial charge is 0.257 e. The first-order valence-electron chi connectivity index (χ1n) is 8.50. The van der Waals surface area contributed by atoms with Gasteiger partial charge in [0.25, 0.3) is 5.91 Å². The number of hydrogen-bond acceptors (Lipinski definition) is 4. The molecule has 138 valence electrons. The Morgan fingerprint density at radius 3 is 2.15 bits per heavy atom. The second kappa shape index (κ2) is 8.31. The fraction of sp³-hybridized carbons (Fsp3) is 0.143. The number of benzene rings is 2. The number of anilines is 1. The van der Waals surface area contributed by atoms with E-state index in [2.05, 4.69) is 10.3 Å². The number of carbonyl (C=O) groups is 1. The summed E-state index contributed by atoms with van der Waals surface area (Å²) in [6.07, 6.45) is 0. The fourth-order valence-corrected chi connectivity index (χ4v) is 2.48. The van der Waals surface area contributed by atoms with Gasteiger partial charge in [0, 0.05) is 5.69 Å². The lowest BCUT2D eigenvalue weighted by Gasteiger charge is -2.10. The Bertz CT molecular complexity index is 925. The lowest BCUT2D eigenvalue weighted by molar-refractivity contribution is 0.102. The van der Waals surface area contributed by atoms with Crippen LogP contribution in [-0.2, 0) is 0 Å². The summed E-state index contributed by atoms with van der Waals surface area (Å²) < 4.78 is 24.2. The summed E-state index contributed by atoms with van der Waals surface area (Å²) in [4.78, 5) is 15.9. The largest absolute Gasteiger partial charge is 0.494 e. The Morgan fingerprint density at radius 2 is 1.56 bits per heavy atom. The number of halogens is 1. The third-order valence-electron chi connectivity index (χ3n) is 3.78. The van der Waals surface area contributed by atoms with Gasteiger partial charge < -0.3 is 14.8 Å². The molecule has 0 aliphatic carbocycles. The first kappa shape index (κ1) is 18.4. The molecule has 0 bridgehead atoms. The zero-order valence-electron chi connectivity index (χ0n) is 15.0. The Balaban J connectivity index is 1.63. The molecule has 2 aromatic carbocycles. The van der Waals surface area contributed by atoms with Crippen LogP contribution in [0.15, 0.2) is 60.7 Å². The summed E-state index contributed by atoms with van der Waals surface area (Å²) in [5, 5.41) is 2.76. The Kier molecular flexibility index (Phi) is 5.66. The normalized spacial score (nSPS) is 10.3. The summed E-state index contributed by atoms with van der Waals surface area (Å²) in [6, 6.07) is 16.9. The van der Waals surface area contributed by atoms with Crippen molar-refractivity contribution in [2.24, 2.45) is 0 Å². The number of nitrogens with one attached hydrogen (secondary N) is 1. The van der Waals surface area contributed by atoms with Gasteiger partial charge in [-0.05, 0) is 74.5 Å². The number of amides is 1. The number of hydrogen-bond donors (Lipinski definition) is 1. The number of rotatable bonds is 6. The first-order valence-corrected chi connectivity index (χ1v) is 8.50. The molecule has 3 rings (SSSR count). The van der Waals surface area contributed by atoms with Gasteiger partial charge in [0.1, 0.15) is 17.2 Å². The number of ether oxygens (including phenoxy) is 2. The standard InChI is InChI=1S/C21H19FN2O3/c1-3-26-16-8-10-18(11-9-16)27-17-6-4-15(5-7-17)24-21(25)19-12-13-20(22)23-14(19)2/h4-13H,3H2,1-2H3,(H,24,25). The van der Waals surface area contributed by atoms with Crippen molar-refractivity contribution in [1.82, 2.24) is 4.98 Å². The van der Waals surface area contributed by atoms with Crippen molar-refractivity contribution >= 4 is 11.6 Å². The molecule has 0 saturated carbocycles. The van der Waals surface area contributed by atoms with Crippen LogP contribution in [0.4, 0.5) is 10.1 Å². The van der Waals surface area contributed by atoms with Crippen LogP contribution in [0, 0.1) is 12.9 Å². The van der Waals surface area contributed by atoms with Crippen molar-refractivity contribution in [1.29, 1.82) is 0 Å². The summed E-state index contributed by atoms with van der Waals surface area (Å²) in [5.74, 6) is 1.15. The highest BCUT2D eigenvalue weighted by Crippen LogP contribution is 2.25. The summed E-state index contributed by atoms with van der Waals surface area (Å²) in [6.45, 7) is 4.13. The lowest BCUT2D eigenvalue weighted by atomic mass is 10.2. The Morgan fingerprint density at radius 1 is 0.963 bits per heavy atom. The van der Waals surface area contributed by atoms with E-state index in [0.717, 1.165) is 11.8 Å². The van der Waals surface area contributed by atoms with Crippen molar-refractivity contribution in [3.63, 3.8) is 0 Å². The van der Waals surface area contributed by atoms with Crippen molar-refractivity contribution < 1.29 is 18.7 Å². The minimum absolute atomic E-state index is 0.325. The van der Waals surface area contributed by atoms with Crippen molar-refractivity contribution in [2.75, 3.05) is 11.9 Å². The minimum atomic E-state index is -0.611. The van der Waals surface area contributed by atoms with E-state index in [1.807, 2.05) is 31.2 Å². The van der Waals surface area contributed by atoms with Crippen LogP contribution in [0.25, 0.3) is 0 Å². The topological polar surface area (TPSA) is 60.5 Å². The van der Waals surface area contributed by atoms with Gasteiger partial charge in [-0.1, -0.05) is 0 Å². The van der Waals surface area contributed by atoms with E-state index in [1.165, 1.54) is 6.07 Å². The maximum atomic E-state index is 13.1. The molecule has 5 nitrogen and oxygen atoms in total. The highest BCUT2D eigenvalue weighted by Gasteiger charge is 2.11. The third kappa shape index (κ3) is 4.82. The van der Waals surface area contributed by atoms with E-state index in [0.29, 0.717) is 35.1 Å². The van der Waals surface area contributed by atoms with Crippen molar-refractivity contribution in [3.8, 4) is 17.2 Å². The van der Waals surface area contributed by atoms with Crippen LogP contribution in [0.5, 0.6) is 17.2 Å². The molecule has 6 heteroatoms. The van der Waals surface area contributed by atoms with Crippen molar-refractivity contribution in [3.05, 3.63) is 77.9 Å². The molecule has 0 radical (unpaired) electrons. The molecule has 0 atom stereocenters. The predicted molar refractivity (Wildman–Crippen MR) is 101 cm³/mol. The monoisotopic (exact) mass is 366 g/mol. The van der Waals surface area contributed by atoms with Crippen LogP contribution in [-0.4, -0.2) is 17.5 Å². The molecule has 3 aromatic rings. The summed E-state index contributed by atoms with van der Waals surface area (Å²) >= 11 is 0. The average molecular weight is 366 g/mol. The van der Waals surface area contributed by atoms with Crippen LogP contribution in [0.2, 0.25) is 0 Å². The summed E-state index contributed by atoms with van der Waals surface area (Å²) in [5.41, 5.74) is 1.26. The highest BCUT2D eigenvalue weighted by atomic mass is 19.1. The zero-order valence-corrected chi connectivity index (χ0v) is 15.0. The number of carbonyl (C=O) groups excluding carboxylic acids is 1. The average Bonchev–Trinajstić information content (AvgIpc) is 2.65. The number of nitrogens with zero attached hydrogens (tertiary/aromatic N) is 1. The predicted octanol–water partition coefficient (Wildman–Crippen LogP) is 4.97. The van der Waals surface area contributed by atoms with Gasteiger partial charge in [-0.2, -0.15) is 4.39 Å². The van der Waals surface area contributed by atoms with Gasteiger partial charge in [0.15, 0.2) is 0 Å². The molecule has 0 unspecified atom stereocenters. The Labute approximate surface area is 156 Å². The molecule has 1 amide bonds. The molecule has 1 N–H and O–H groups in total. The van der Waals surface area contributed by atoms with Crippen LogP contribution in [0.1, 0.15) is 23.0 Å². The van der Waals surface area contributed by atoms with E-state index in [1.54, 1.807) is 31.2 Å². The molecule has 0 aliphatic rings. The maximum absolute atomic E-state index is 13.1. The highest BCUT2D eigenvalue weighted by molar-refractivity contribution is 6.04. The van der Waals surface area contributed by atoms with E-state index in [-0.39, 0.29) is 5.91 Å². The lowest BCUT2D eigenvalue weighted by Crippen LogP contribution is -2.14. The number of pyridine rings is 1. The number of aromatic nitrogens is 1. The van der Waals surface area contributed by atoms with Gasteiger partial charge in [-0.15, -0.1) is 0 Å². The molecule has 0 aliphatic heterocycles. The zero-order chi connectivity index (χ0) is 19.2.